The van der Waals surface area contributed by atoms with Gasteiger partial charge in [0.2, 0.25) is 5.91 Å². The number of hydrogen-bond acceptors (Lipinski definition) is 6. The van der Waals surface area contributed by atoms with Crippen molar-refractivity contribution in [3.05, 3.63) is 94.8 Å². The lowest BCUT2D eigenvalue weighted by Gasteiger charge is -2.14. The number of halogens is 1. The average Bonchev–Trinajstić information content (AvgIpc) is 3.29. The van der Waals surface area contributed by atoms with Gasteiger partial charge in [0.15, 0.2) is 11.0 Å². The quantitative estimate of drug-likeness (QED) is 0.259. The second-order valence-electron chi connectivity index (χ2n) is 7.68. The standard InChI is InChI=1S/C26H25ClN4O2S2/c1-18-11-12-20(27)14-23(18)31-24(15-28-25(32)17-34-22-9-4-3-5-10-22)29-30-26(31)35-16-19-7-6-8-21(13-19)33-2/h3-14H,15-17H2,1-2H3,(H,28,32). The zero-order valence-electron chi connectivity index (χ0n) is 19.4. The number of benzene rings is 3. The van der Waals surface area contributed by atoms with Crippen molar-refractivity contribution in [2.75, 3.05) is 12.9 Å². The summed E-state index contributed by atoms with van der Waals surface area (Å²) in [6, 6.07) is 23.5. The van der Waals surface area contributed by atoms with Gasteiger partial charge in [0, 0.05) is 15.7 Å². The van der Waals surface area contributed by atoms with E-state index in [4.69, 9.17) is 16.3 Å². The summed E-state index contributed by atoms with van der Waals surface area (Å²) in [5, 5.41) is 13.2. The van der Waals surface area contributed by atoms with Crippen LogP contribution in [-0.4, -0.2) is 33.5 Å². The third-order valence-corrected chi connectivity index (χ3v) is 7.42. The summed E-state index contributed by atoms with van der Waals surface area (Å²) in [6.45, 7) is 2.27. The molecule has 9 heteroatoms. The zero-order valence-corrected chi connectivity index (χ0v) is 21.8. The minimum Gasteiger partial charge on any atom is -0.497 e. The van der Waals surface area contributed by atoms with Crippen molar-refractivity contribution in [2.45, 2.75) is 29.3 Å². The average molecular weight is 525 g/mol. The van der Waals surface area contributed by atoms with Crippen LogP contribution in [-0.2, 0) is 17.1 Å². The molecule has 0 fully saturated rings. The molecule has 1 aromatic heterocycles. The molecular formula is C26H25ClN4O2S2. The molecular weight excluding hydrogens is 500 g/mol. The number of carbonyl (C=O) groups is 1. The minimum absolute atomic E-state index is 0.0678. The van der Waals surface area contributed by atoms with E-state index in [0.29, 0.717) is 22.4 Å². The van der Waals surface area contributed by atoms with Gasteiger partial charge in [-0.3, -0.25) is 9.36 Å². The van der Waals surface area contributed by atoms with Gasteiger partial charge in [0.25, 0.3) is 0 Å². The van der Waals surface area contributed by atoms with Gasteiger partial charge in [0.1, 0.15) is 5.75 Å². The molecule has 0 aliphatic carbocycles. The molecule has 1 N–H and O–H groups in total. The molecule has 0 unspecified atom stereocenters. The maximum absolute atomic E-state index is 12.5. The minimum atomic E-state index is -0.0678. The van der Waals surface area contributed by atoms with E-state index in [-0.39, 0.29) is 12.5 Å². The highest BCUT2D eigenvalue weighted by Gasteiger charge is 2.17. The van der Waals surface area contributed by atoms with Crippen LogP contribution in [0.1, 0.15) is 17.0 Å². The van der Waals surface area contributed by atoms with E-state index in [1.807, 2.05) is 84.3 Å². The lowest BCUT2D eigenvalue weighted by Crippen LogP contribution is -2.26. The smallest absolute Gasteiger partial charge is 0.230 e. The van der Waals surface area contributed by atoms with Gasteiger partial charge in [-0.1, -0.05) is 59.8 Å². The Hall–Kier alpha value is -2.94. The van der Waals surface area contributed by atoms with Crippen LogP contribution in [0.2, 0.25) is 5.02 Å². The van der Waals surface area contributed by atoms with Crippen LogP contribution in [0.3, 0.4) is 0 Å². The van der Waals surface area contributed by atoms with E-state index in [2.05, 4.69) is 15.5 Å². The van der Waals surface area contributed by atoms with Crippen LogP contribution >= 0.6 is 35.1 Å². The van der Waals surface area contributed by atoms with Gasteiger partial charge in [-0.2, -0.15) is 0 Å². The van der Waals surface area contributed by atoms with E-state index >= 15 is 0 Å². The number of aryl methyl sites for hydroxylation is 1. The predicted molar refractivity (Wildman–Crippen MR) is 143 cm³/mol. The number of amides is 1. The highest BCUT2D eigenvalue weighted by atomic mass is 35.5. The first-order chi connectivity index (χ1) is 17.0. The summed E-state index contributed by atoms with van der Waals surface area (Å²) in [5.41, 5.74) is 3.03. The molecule has 1 heterocycles. The van der Waals surface area contributed by atoms with Crippen LogP contribution in [0.15, 0.2) is 82.8 Å². The van der Waals surface area contributed by atoms with Crippen LogP contribution < -0.4 is 10.1 Å². The first-order valence-corrected chi connectivity index (χ1v) is 13.3. The molecule has 0 aliphatic heterocycles. The molecule has 3 aromatic carbocycles. The predicted octanol–water partition coefficient (Wildman–Crippen LogP) is 5.94. The van der Waals surface area contributed by atoms with Crippen LogP contribution in [0, 0.1) is 6.92 Å². The summed E-state index contributed by atoms with van der Waals surface area (Å²) < 4.78 is 7.31. The Morgan fingerprint density at radius 2 is 1.86 bits per heavy atom. The molecule has 0 atom stereocenters. The summed E-state index contributed by atoms with van der Waals surface area (Å²) in [5.74, 6) is 2.40. The van der Waals surface area contributed by atoms with Crippen molar-refractivity contribution in [1.82, 2.24) is 20.1 Å². The van der Waals surface area contributed by atoms with Gasteiger partial charge in [0.05, 0.1) is 25.1 Å². The van der Waals surface area contributed by atoms with Gasteiger partial charge < -0.3 is 10.1 Å². The Morgan fingerprint density at radius 1 is 1.03 bits per heavy atom. The van der Waals surface area contributed by atoms with Crippen molar-refractivity contribution < 1.29 is 9.53 Å². The largest absolute Gasteiger partial charge is 0.497 e. The molecule has 6 nitrogen and oxygen atoms in total. The molecule has 0 saturated carbocycles. The third kappa shape index (κ3) is 6.81. The lowest BCUT2D eigenvalue weighted by atomic mass is 10.2. The maximum Gasteiger partial charge on any atom is 0.230 e. The molecule has 0 radical (unpaired) electrons. The molecule has 0 bridgehead atoms. The normalized spacial score (nSPS) is 10.8. The number of rotatable bonds is 10. The summed E-state index contributed by atoms with van der Waals surface area (Å²) >= 11 is 9.39. The van der Waals surface area contributed by atoms with Crippen LogP contribution in [0.5, 0.6) is 5.75 Å². The number of methoxy groups -OCH3 is 1. The van der Waals surface area contributed by atoms with E-state index in [9.17, 15) is 4.79 Å². The second kappa shape index (κ2) is 12.2. The number of aromatic nitrogens is 3. The SMILES string of the molecule is COc1cccc(CSc2nnc(CNC(=O)CSc3ccccc3)n2-c2cc(Cl)ccc2C)c1. The highest BCUT2D eigenvalue weighted by molar-refractivity contribution is 8.00. The van der Waals surface area contributed by atoms with E-state index in [1.54, 1.807) is 18.9 Å². The van der Waals surface area contributed by atoms with E-state index < -0.39 is 0 Å². The Balaban J connectivity index is 1.51. The van der Waals surface area contributed by atoms with Crippen molar-refractivity contribution in [3.8, 4) is 11.4 Å². The molecule has 0 aliphatic rings. The van der Waals surface area contributed by atoms with Crippen molar-refractivity contribution >= 4 is 41.0 Å². The number of ether oxygens (including phenoxy) is 1. The Labute approximate surface area is 218 Å². The maximum atomic E-state index is 12.5. The van der Waals surface area contributed by atoms with E-state index in [1.165, 1.54) is 11.8 Å². The summed E-state index contributed by atoms with van der Waals surface area (Å²) in [7, 11) is 1.66. The summed E-state index contributed by atoms with van der Waals surface area (Å²) in [6.07, 6.45) is 0. The molecule has 4 aromatic rings. The lowest BCUT2D eigenvalue weighted by molar-refractivity contribution is -0.118. The topological polar surface area (TPSA) is 69.0 Å². The number of nitrogens with zero attached hydrogens (tertiary/aromatic N) is 3. The van der Waals surface area contributed by atoms with E-state index in [0.717, 1.165) is 32.6 Å². The molecule has 35 heavy (non-hydrogen) atoms. The Bertz CT molecular complexity index is 1300. The fourth-order valence-electron chi connectivity index (χ4n) is 3.38. The molecule has 180 valence electrons. The van der Waals surface area contributed by atoms with Gasteiger partial charge in [-0.15, -0.1) is 22.0 Å². The highest BCUT2D eigenvalue weighted by Crippen LogP contribution is 2.29. The number of thioether (sulfide) groups is 2. The molecule has 0 spiro atoms. The van der Waals surface area contributed by atoms with Crippen LogP contribution in [0.25, 0.3) is 5.69 Å². The number of nitrogens with one attached hydrogen (secondary N) is 1. The first-order valence-electron chi connectivity index (χ1n) is 10.9. The van der Waals surface area contributed by atoms with Gasteiger partial charge >= 0.3 is 0 Å². The second-order valence-corrected chi connectivity index (χ2v) is 10.1. The fraction of sp³-hybridized carbons (Fsp3) is 0.192. The zero-order chi connectivity index (χ0) is 24.6. The molecule has 0 saturated heterocycles. The van der Waals surface area contributed by atoms with Gasteiger partial charge in [-0.05, 0) is 54.4 Å². The Kier molecular flexibility index (Phi) is 8.74. The van der Waals surface area contributed by atoms with Crippen molar-refractivity contribution in [3.63, 3.8) is 0 Å². The Morgan fingerprint density at radius 3 is 2.66 bits per heavy atom. The molecule has 4 rings (SSSR count). The van der Waals surface area contributed by atoms with Crippen LogP contribution in [0.4, 0.5) is 0 Å². The first kappa shape index (κ1) is 25.2. The van der Waals surface area contributed by atoms with Gasteiger partial charge in [-0.25, -0.2) is 0 Å². The number of carbonyl (C=O) groups excluding carboxylic acids is 1. The van der Waals surface area contributed by atoms with Crippen molar-refractivity contribution in [1.29, 1.82) is 0 Å². The molecule has 1 amide bonds. The third-order valence-electron chi connectivity index (χ3n) is 5.17. The summed E-state index contributed by atoms with van der Waals surface area (Å²) in [4.78, 5) is 13.6. The monoisotopic (exact) mass is 524 g/mol. The van der Waals surface area contributed by atoms with Crippen molar-refractivity contribution in [2.24, 2.45) is 0 Å². The fourth-order valence-corrected chi connectivity index (χ4v) is 5.20. The number of hydrogen-bond donors (Lipinski definition) is 1.